The molecule has 1 N–H and O–H groups in total. The van der Waals surface area contributed by atoms with Crippen molar-refractivity contribution in [3.63, 3.8) is 0 Å². The van der Waals surface area contributed by atoms with Gasteiger partial charge in [0.15, 0.2) is 0 Å². The maximum atomic E-state index is 6.00. The Hall–Kier alpha value is -1.66. The zero-order valence-corrected chi connectivity index (χ0v) is 11.8. The first-order chi connectivity index (χ1) is 9.28. The van der Waals surface area contributed by atoms with Crippen molar-refractivity contribution in [1.82, 2.24) is 19.6 Å². The van der Waals surface area contributed by atoms with Gasteiger partial charge in [-0.25, -0.2) is 0 Å². The molecule has 0 radical (unpaired) electrons. The van der Waals surface area contributed by atoms with Crippen LogP contribution >= 0.6 is 22.9 Å². The minimum atomic E-state index is 0.228. The summed E-state index contributed by atoms with van der Waals surface area (Å²) < 4.78 is 1.65. The van der Waals surface area contributed by atoms with E-state index in [2.05, 4.69) is 44.8 Å². The summed E-state index contributed by atoms with van der Waals surface area (Å²) >= 11 is 7.73. The van der Waals surface area contributed by atoms with E-state index < -0.39 is 0 Å². The van der Waals surface area contributed by atoms with Gasteiger partial charge in [0.05, 0.1) is 6.04 Å². The van der Waals surface area contributed by atoms with Crippen LogP contribution in [0.15, 0.2) is 29.9 Å². The van der Waals surface area contributed by atoms with Crippen LogP contribution < -0.4 is 5.32 Å². The lowest BCUT2D eigenvalue weighted by Crippen LogP contribution is -2.12. The van der Waals surface area contributed by atoms with Gasteiger partial charge in [0.1, 0.15) is 17.3 Å². The molecule has 3 heterocycles. The first-order valence-electron chi connectivity index (χ1n) is 5.94. The minimum absolute atomic E-state index is 0.228. The van der Waals surface area contributed by atoms with Crippen LogP contribution in [0.4, 0.5) is 5.82 Å². The molecule has 0 aliphatic carbocycles. The van der Waals surface area contributed by atoms with Crippen molar-refractivity contribution < 1.29 is 0 Å². The zero-order valence-electron chi connectivity index (χ0n) is 10.2. The van der Waals surface area contributed by atoms with Gasteiger partial charge in [0.2, 0.25) is 0 Å². The van der Waals surface area contributed by atoms with E-state index in [1.165, 1.54) is 11.2 Å². The monoisotopic (exact) mass is 293 g/mol. The van der Waals surface area contributed by atoms with Crippen molar-refractivity contribution in [2.75, 3.05) is 5.32 Å². The van der Waals surface area contributed by atoms with Gasteiger partial charge < -0.3 is 5.32 Å². The summed E-state index contributed by atoms with van der Waals surface area (Å²) in [4.78, 5) is 9.45. The average molecular weight is 294 g/mol. The normalized spacial score (nSPS) is 12.7. The van der Waals surface area contributed by atoms with Crippen LogP contribution in [0.25, 0.3) is 5.78 Å². The predicted octanol–water partition coefficient (Wildman–Crippen LogP) is 3.40. The van der Waals surface area contributed by atoms with E-state index in [0.717, 1.165) is 12.2 Å². The number of rotatable bonds is 4. The van der Waals surface area contributed by atoms with E-state index in [4.69, 9.17) is 11.6 Å². The summed E-state index contributed by atoms with van der Waals surface area (Å²) in [6.07, 6.45) is 2.44. The molecule has 0 saturated heterocycles. The number of nitrogens with zero attached hydrogens (tertiary/aromatic N) is 4. The number of anilines is 1. The first-order valence-corrected chi connectivity index (χ1v) is 7.20. The maximum Gasteiger partial charge on any atom is 0.255 e. The van der Waals surface area contributed by atoms with Gasteiger partial charge in [-0.05, 0) is 17.9 Å². The third kappa shape index (κ3) is 2.41. The second-order valence-corrected chi connectivity index (χ2v) is 5.42. The van der Waals surface area contributed by atoms with Crippen molar-refractivity contribution in [2.24, 2.45) is 0 Å². The first kappa shape index (κ1) is 12.4. The molecule has 7 heteroatoms. The molecule has 0 bridgehead atoms. The highest BCUT2D eigenvalue weighted by molar-refractivity contribution is 7.10. The van der Waals surface area contributed by atoms with Crippen LogP contribution in [-0.2, 0) is 0 Å². The Labute approximate surface area is 119 Å². The Morgan fingerprint density at radius 1 is 1.53 bits per heavy atom. The fourth-order valence-corrected chi connectivity index (χ4v) is 2.97. The largest absolute Gasteiger partial charge is 0.362 e. The Kier molecular flexibility index (Phi) is 3.35. The van der Waals surface area contributed by atoms with Crippen molar-refractivity contribution in [3.8, 4) is 0 Å². The summed E-state index contributed by atoms with van der Waals surface area (Å²) in [5.41, 5.74) is 0. The van der Waals surface area contributed by atoms with Gasteiger partial charge in [0, 0.05) is 10.9 Å². The third-order valence-corrected chi connectivity index (χ3v) is 4.02. The molecular weight excluding hydrogens is 282 g/mol. The fourth-order valence-electron chi connectivity index (χ4n) is 1.93. The van der Waals surface area contributed by atoms with E-state index in [0.29, 0.717) is 10.9 Å². The number of aromatic nitrogens is 4. The molecule has 3 rings (SSSR count). The van der Waals surface area contributed by atoms with Gasteiger partial charge in [-0.15, -0.1) is 11.3 Å². The van der Waals surface area contributed by atoms with E-state index in [1.807, 2.05) is 0 Å². The highest BCUT2D eigenvalue weighted by atomic mass is 35.5. The SMILES string of the molecule is CCC(Nc1cc(Cl)nc2ncnn12)c1cccs1. The average Bonchev–Trinajstić information content (AvgIpc) is 3.05. The highest BCUT2D eigenvalue weighted by Gasteiger charge is 2.13. The Balaban J connectivity index is 1.98. The van der Waals surface area contributed by atoms with E-state index in [9.17, 15) is 0 Å². The lowest BCUT2D eigenvalue weighted by molar-refractivity contribution is 0.748. The fraction of sp³-hybridized carbons (Fsp3) is 0.250. The van der Waals surface area contributed by atoms with Crippen LogP contribution in [0, 0.1) is 0 Å². The summed E-state index contributed by atoms with van der Waals surface area (Å²) in [7, 11) is 0. The van der Waals surface area contributed by atoms with Crippen LogP contribution in [0.3, 0.4) is 0 Å². The van der Waals surface area contributed by atoms with Gasteiger partial charge in [-0.3, -0.25) is 0 Å². The number of fused-ring (bicyclic) bond motifs is 1. The topological polar surface area (TPSA) is 55.1 Å². The lowest BCUT2D eigenvalue weighted by Gasteiger charge is -2.17. The van der Waals surface area contributed by atoms with Crippen molar-refractivity contribution in [2.45, 2.75) is 19.4 Å². The Morgan fingerprint density at radius 3 is 3.16 bits per heavy atom. The number of halogens is 1. The molecule has 5 nitrogen and oxygen atoms in total. The summed E-state index contributed by atoms with van der Waals surface area (Å²) in [6.45, 7) is 2.14. The van der Waals surface area contributed by atoms with E-state index >= 15 is 0 Å². The number of hydrogen-bond donors (Lipinski definition) is 1. The molecule has 0 spiro atoms. The van der Waals surface area contributed by atoms with E-state index in [-0.39, 0.29) is 6.04 Å². The minimum Gasteiger partial charge on any atom is -0.362 e. The molecule has 19 heavy (non-hydrogen) atoms. The molecule has 0 saturated carbocycles. The molecular formula is C12H12ClN5S. The number of hydrogen-bond acceptors (Lipinski definition) is 5. The molecule has 0 aliphatic heterocycles. The van der Waals surface area contributed by atoms with Gasteiger partial charge >= 0.3 is 0 Å². The van der Waals surface area contributed by atoms with Gasteiger partial charge in [-0.1, -0.05) is 24.6 Å². The Bertz CT molecular complexity index is 679. The van der Waals surface area contributed by atoms with Crippen LogP contribution in [0.5, 0.6) is 0 Å². The molecule has 0 fully saturated rings. The zero-order chi connectivity index (χ0) is 13.2. The van der Waals surface area contributed by atoms with Crippen molar-refractivity contribution in [3.05, 3.63) is 39.9 Å². The van der Waals surface area contributed by atoms with Crippen LogP contribution in [-0.4, -0.2) is 19.6 Å². The van der Waals surface area contributed by atoms with Crippen molar-refractivity contribution in [1.29, 1.82) is 0 Å². The molecule has 3 aromatic rings. The standard InChI is InChI=1S/C12H12ClN5S/c1-2-8(9-4-3-5-19-9)16-11-6-10(13)17-12-14-7-15-18(11)12/h3-8,16H,2H2,1H3. The second-order valence-electron chi connectivity index (χ2n) is 4.06. The summed E-state index contributed by atoms with van der Waals surface area (Å²) in [5.74, 6) is 1.30. The Morgan fingerprint density at radius 2 is 2.42 bits per heavy atom. The molecule has 0 amide bonds. The lowest BCUT2D eigenvalue weighted by atomic mass is 10.2. The van der Waals surface area contributed by atoms with Crippen LogP contribution in [0.2, 0.25) is 5.15 Å². The van der Waals surface area contributed by atoms with Crippen LogP contribution in [0.1, 0.15) is 24.3 Å². The molecule has 1 atom stereocenters. The smallest absolute Gasteiger partial charge is 0.255 e. The van der Waals surface area contributed by atoms with Gasteiger partial charge in [0.25, 0.3) is 5.78 Å². The number of nitrogens with one attached hydrogen (secondary N) is 1. The molecule has 98 valence electrons. The molecule has 0 aliphatic rings. The summed E-state index contributed by atoms with van der Waals surface area (Å²) in [6, 6.07) is 6.16. The molecule has 3 aromatic heterocycles. The highest BCUT2D eigenvalue weighted by Crippen LogP contribution is 2.26. The second kappa shape index (κ2) is 5.14. The quantitative estimate of drug-likeness (QED) is 0.749. The van der Waals surface area contributed by atoms with Gasteiger partial charge in [-0.2, -0.15) is 19.6 Å². The summed E-state index contributed by atoms with van der Waals surface area (Å²) in [5, 5.41) is 10.1. The maximum absolute atomic E-state index is 6.00. The van der Waals surface area contributed by atoms with E-state index in [1.54, 1.807) is 21.9 Å². The number of thiophene rings is 1. The van der Waals surface area contributed by atoms with Crippen molar-refractivity contribution >= 4 is 34.5 Å². The predicted molar refractivity (Wildman–Crippen MR) is 76.8 cm³/mol. The third-order valence-electron chi connectivity index (χ3n) is 2.84. The molecule has 1 unspecified atom stereocenters. The molecule has 0 aromatic carbocycles.